The average Bonchev–Trinajstić information content (AvgIpc) is 2.38. The summed E-state index contributed by atoms with van der Waals surface area (Å²) in [5, 5.41) is 0. The first-order chi connectivity index (χ1) is 8.70. The smallest absolute Gasteiger partial charge is 0.0446 e. The molecule has 1 N–H and O–H groups in total. The zero-order chi connectivity index (χ0) is 13.0. The SMILES string of the molecule is CCc1ccc(NSc2ccccc2C)cc1C. The van der Waals surface area contributed by atoms with Crippen molar-refractivity contribution in [1.29, 1.82) is 0 Å². The number of nitrogens with one attached hydrogen (secondary N) is 1. The largest absolute Gasteiger partial charge is 0.326 e. The Morgan fingerprint density at radius 3 is 2.44 bits per heavy atom. The highest BCUT2D eigenvalue weighted by Gasteiger charge is 2.00. The molecule has 1 nitrogen and oxygen atoms in total. The lowest BCUT2D eigenvalue weighted by molar-refractivity contribution is 1.11. The number of rotatable bonds is 4. The summed E-state index contributed by atoms with van der Waals surface area (Å²) < 4.78 is 3.41. The molecule has 0 spiro atoms. The van der Waals surface area contributed by atoms with Gasteiger partial charge in [-0.1, -0.05) is 31.2 Å². The van der Waals surface area contributed by atoms with Gasteiger partial charge in [0.25, 0.3) is 0 Å². The van der Waals surface area contributed by atoms with Gasteiger partial charge in [0.05, 0.1) is 0 Å². The third-order valence-corrected chi connectivity index (χ3v) is 4.11. The molecule has 0 radical (unpaired) electrons. The second-order valence-corrected chi connectivity index (χ2v) is 5.31. The number of anilines is 1. The van der Waals surface area contributed by atoms with Crippen molar-refractivity contribution in [1.82, 2.24) is 0 Å². The van der Waals surface area contributed by atoms with E-state index in [1.54, 1.807) is 11.9 Å². The Balaban J connectivity index is 2.07. The summed E-state index contributed by atoms with van der Waals surface area (Å²) in [5.74, 6) is 0. The third-order valence-electron chi connectivity index (χ3n) is 3.10. The van der Waals surface area contributed by atoms with E-state index < -0.39 is 0 Å². The van der Waals surface area contributed by atoms with Crippen molar-refractivity contribution in [2.24, 2.45) is 0 Å². The number of hydrogen-bond donors (Lipinski definition) is 1. The summed E-state index contributed by atoms with van der Waals surface area (Å²) in [6.07, 6.45) is 1.09. The maximum atomic E-state index is 3.41. The molecule has 0 aromatic heterocycles. The first-order valence-corrected chi connectivity index (χ1v) is 7.10. The predicted molar refractivity (Wildman–Crippen MR) is 81.2 cm³/mol. The van der Waals surface area contributed by atoms with E-state index in [2.05, 4.69) is 68.0 Å². The minimum atomic E-state index is 1.09. The first kappa shape index (κ1) is 13.0. The summed E-state index contributed by atoms with van der Waals surface area (Å²) in [6, 6.07) is 15.0. The van der Waals surface area contributed by atoms with Crippen molar-refractivity contribution in [2.45, 2.75) is 32.1 Å². The summed E-state index contributed by atoms with van der Waals surface area (Å²) in [6.45, 7) is 6.50. The Labute approximate surface area is 114 Å². The van der Waals surface area contributed by atoms with Crippen LogP contribution in [0.3, 0.4) is 0 Å². The molecule has 0 aliphatic carbocycles. The van der Waals surface area contributed by atoms with Gasteiger partial charge < -0.3 is 4.72 Å². The van der Waals surface area contributed by atoms with Crippen LogP contribution in [0.5, 0.6) is 0 Å². The molecule has 94 valence electrons. The highest BCUT2D eigenvalue weighted by Crippen LogP contribution is 2.25. The Morgan fingerprint density at radius 2 is 1.78 bits per heavy atom. The van der Waals surface area contributed by atoms with Crippen LogP contribution in [0.4, 0.5) is 5.69 Å². The van der Waals surface area contributed by atoms with Gasteiger partial charge in [-0.05, 0) is 67.1 Å². The Morgan fingerprint density at radius 1 is 1.00 bits per heavy atom. The summed E-state index contributed by atoms with van der Waals surface area (Å²) in [7, 11) is 0. The standard InChI is InChI=1S/C16H19NS/c1-4-14-9-10-15(11-13(14)3)17-18-16-8-6-5-7-12(16)2/h5-11,17H,4H2,1-3H3. The molecular formula is C16H19NS. The lowest BCUT2D eigenvalue weighted by atomic mass is 10.1. The predicted octanol–water partition coefficient (Wildman–Crippen LogP) is 4.99. The number of hydrogen-bond acceptors (Lipinski definition) is 2. The van der Waals surface area contributed by atoms with Crippen LogP contribution in [0.15, 0.2) is 47.4 Å². The molecule has 0 saturated carbocycles. The molecule has 2 aromatic carbocycles. The van der Waals surface area contributed by atoms with Crippen molar-refractivity contribution < 1.29 is 0 Å². The molecule has 18 heavy (non-hydrogen) atoms. The number of benzene rings is 2. The van der Waals surface area contributed by atoms with E-state index in [4.69, 9.17) is 0 Å². The van der Waals surface area contributed by atoms with E-state index in [9.17, 15) is 0 Å². The maximum absolute atomic E-state index is 3.41. The zero-order valence-electron chi connectivity index (χ0n) is 11.2. The maximum Gasteiger partial charge on any atom is 0.0446 e. The van der Waals surface area contributed by atoms with Crippen molar-refractivity contribution in [3.05, 3.63) is 59.2 Å². The summed E-state index contributed by atoms with van der Waals surface area (Å²) in [4.78, 5) is 1.27. The van der Waals surface area contributed by atoms with Gasteiger partial charge in [0.2, 0.25) is 0 Å². The van der Waals surface area contributed by atoms with Crippen molar-refractivity contribution in [3.8, 4) is 0 Å². The highest BCUT2D eigenvalue weighted by atomic mass is 32.2. The Hall–Kier alpha value is -1.41. The Kier molecular flexibility index (Phi) is 4.32. The van der Waals surface area contributed by atoms with Crippen molar-refractivity contribution in [3.63, 3.8) is 0 Å². The molecule has 0 aliphatic heterocycles. The molecular weight excluding hydrogens is 238 g/mol. The minimum absolute atomic E-state index is 1.09. The van der Waals surface area contributed by atoms with Gasteiger partial charge in [0.15, 0.2) is 0 Å². The lowest BCUT2D eigenvalue weighted by Gasteiger charge is -2.10. The van der Waals surface area contributed by atoms with Crippen LogP contribution < -0.4 is 4.72 Å². The molecule has 2 heteroatoms. The van der Waals surface area contributed by atoms with Gasteiger partial charge in [-0.15, -0.1) is 0 Å². The molecule has 0 heterocycles. The van der Waals surface area contributed by atoms with Crippen molar-refractivity contribution >= 4 is 17.6 Å². The fourth-order valence-electron chi connectivity index (χ4n) is 1.94. The summed E-state index contributed by atoms with van der Waals surface area (Å²) in [5.41, 5.74) is 5.24. The van der Waals surface area contributed by atoms with Gasteiger partial charge in [-0.2, -0.15) is 0 Å². The number of aryl methyl sites for hydroxylation is 3. The Bertz CT molecular complexity index is 534. The van der Waals surface area contributed by atoms with Crippen LogP contribution in [0.2, 0.25) is 0 Å². The monoisotopic (exact) mass is 257 g/mol. The van der Waals surface area contributed by atoms with Gasteiger partial charge in [-0.3, -0.25) is 0 Å². The molecule has 0 amide bonds. The van der Waals surface area contributed by atoms with E-state index in [0.717, 1.165) is 12.1 Å². The molecule has 0 unspecified atom stereocenters. The fourth-order valence-corrected chi connectivity index (χ4v) is 2.67. The normalized spacial score (nSPS) is 10.4. The van der Waals surface area contributed by atoms with E-state index >= 15 is 0 Å². The van der Waals surface area contributed by atoms with E-state index in [0.29, 0.717) is 0 Å². The molecule has 2 aromatic rings. The van der Waals surface area contributed by atoms with Crippen LogP contribution in [-0.2, 0) is 6.42 Å². The topological polar surface area (TPSA) is 12.0 Å². The second kappa shape index (κ2) is 5.96. The molecule has 0 atom stereocenters. The third kappa shape index (κ3) is 3.08. The van der Waals surface area contributed by atoms with Gasteiger partial charge in [-0.25, -0.2) is 0 Å². The van der Waals surface area contributed by atoms with Crippen molar-refractivity contribution in [2.75, 3.05) is 4.72 Å². The lowest BCUT2D eigenvalue weighted by Crippen LogP contribution is -1.92. The van der Waals surface area contributed by atoms with Crippen LogP contribution >= 0.6 is 11.9 Å². The summed E-state index contributed by atoms with van der Waals surface area (Å²) >= 11 is 1.67. The molecule has 0 fully saturated rings. The first-order valence-electron chi connectivity index (χ1n) is 6.28. The fraction of sp³-hybridized carbons (Fsp3) is 0.250. The van der Waals surface area contributed by atoms with Gasteiger partial charge in [0, 0.05) is 10.6 Å². The van der Waals surface area contributed by atoms with Crippen LogP contribution in [0.25, 0.3) is 0 Å². The molecule has 0 aliphatic rings. The van der Waals surface area contributed by atoms with Crippen LogP contribution in [0, 0.1) is 13.8 Å². The van der Waals surface area contributed by atoms with Crippen LogP contribution in [0.1, 0.15) is 23.6 Å². The highest BCUT2D eigenvalue weighted by molar-refractivity contribution is 8.00. The van der Waals surface area contributed by atoms with E-state index in [1.807, 2.05) is 0 Å². The zero-order valence-corrected chi connectivity index (χ0v) is 12.0. The molecule has 0 bridgehead atoms. The van der Waals surface area contributed by atoms with Crippen LogP contribution in [-0.4, -0.2) is 0 Å². The molecule has 2 rings (SSSR count). The van der Waals surface area contributed by atoms with Gasteiger partial charge >= 0.3 is 0 Å². The minimum Gasteiger partial charge on any atom is -0.326 e. The van der Waals surface area contributed by atoms with E-state index in [-0.39, 0.29) is 0 Å². The average molecular weight is 257 g/mol. The van der Waals surface area contributed by atoms with E-state index in [1.165, 1.54) is 21.6 Å². The molecule has 0 saturated heterocycles. The second-order valence-electron chi connectivity index (χ2n) is 4.46. The van der Waals surface area contributed by atoms with Gasteiger partial charge in [0.1, 0.15) is 0 Å². The quantitative estimate of drug-likeness (QED) is 0.775.